The fourth-order valence-corrected chi connectivity index (χ4v) is 3.00. The van der Waals surface area contributed by atoms with Crippen LogP contribution in [0.15, 0.2) is 48.5 Å². The number of rotatable bonds is 7. The second-order valence-corrected chi connectivity index (χ2v) is 6.37. The van der Waals surface area contributed by atoms with E-state index < -0.39 is 0 Å². The predicted molar refractivity (Wildman–Crippen MR) is 108 cm³/mol. The molecule has 0 radical (unpaired) electrons. The first-order valence-electron chi connectivity index (χ1n) is 9.53. The maximum atomic E-state index is 3.30. The van der Waals surface area contributed by atoms with Gasteiger partial charge >= 0.3 is 0 Å². The lowest BCUT2D eigenvalue weighted by atomic mass is 9.93. The third kappa shape index (κ3) is 6.52. The SMILES string of the molecule is CCCCCCc1c(C#CC#Cc2ccccc2)cccc1CCC. The van der Waals surface area contributed by atoms with Crippen LogP contribution in [-0.4, -0.2) is 0 Å². The molecule has 0 saturated heterocycles. The Morgan fingerprint density at radius 3 is 2.24 bits per heavy atom. The van der Waals surface area contributed by atoms with Gasteiger partial charge in [0, 0.05) is 11.1 Å². The zero-order valence-corrected chi connectivity index (χ0v) is 15.6. The molecule has 0 spiro atoms. The second kappa shape index (κ2) is 11.2. The molecule has 128 valence electrons. The minimum Gasteiger partial charge on any atom is -0.0654 e. The summed E-state index contributed by atoms with van der Waals surface area (Å²) >= 11 is 0. The smallest absolute Gasteiger partial charge is 0.0290 e. The van der Waals surface area contributed by atoms with Gasteiger partial charge in [-0.2, -0.15) is 0 Å². The fraction of sp³-hybridized carbons (Fsp3) is 0.360. The number of hydrogen-bond donors (Lipinski definition) is 0. The summed E-state index contributed by atoms with van der Waals surface area (Å²) in [6.07, 6.45) is 8.59. The molecule has 0 aromatic heterocycles. The van der Waals surface area contributed by atoms with Gasteiger partial charge in [-0.05, 0) is 60.4 Å². The van der Waals surface area contributed by atoms with Crippen LogP contribution in [-0.2, 0) is 12.8 Å². The zero-order chi connectivity index (χ0) is 17.7. The summed E-state index contributed by atoms with van der Waals surface area (Å²) in [5, 5.41) is 0. The van der Waals surface area contributed by atoms with Crippen LogP contribution in [0.1, 0.15) is 68.2 Å². The molecule has 0 atom stereocenters. The Hall–Kier alpha value is -2.44. The van der Waals surface area contributed by atoms with Crippen molar-refractivity contribution in [1.82, 2.24) is 0 Å². The van der Waals surface area contributed by atoms with E-state index in [1.165, 1.54) is 43.2 Å². The molecule has 2 aromatic carbocycles. The van der Waals surface area contributed by atoms with E-state index in [1.54, 1.807) is 0 Å². The molecule has 0 aliphatic carbocycles. The first kappa shape index (κ1) is 18.9. The van der Waals surface area contributed by atoms with Crippen molar-refractivity contribution in [2.45, 2.75) is 58.8 Å². The molecular formula is C25H28. The van der Waals surface area contributed by atoms with E-state index in [0.717, 1.165) is 24.0 Å². The minimum absolute atomic E-state index is 1.01. The summed E-state index contributed by atoms with van der Waals surface area (Å²) in [5.41, 5.74) is 5.07. The highest BCUT2D eigenvalue weighted by Crippen LogP contribution is 2.19. The monoisotopic (exact) mass is 328 g/mol. The van der Waals surface area contributed by atoms with Crippen LogP contribution in [0, 0.1) is 23.7 Å². The lowest BCUT2D eigenvalue weighted by molar-refractivity contribution is 0.663. The molecule has 2 rings (SSSR count). The zero-order valence-electron chi connectivity index (χ0n) is 15.6. The van der Waals surface area contributed by atoms with E-state index in [4.69, 9.17) is 0 Å². The van der Waals surface area contributed by atoms with Crippen LogP contribution in [0.5, 0.6) is 0 Å². The Kier molecular flexibility index (Phi) is 8.44. The number of benzene rings is 2. The molecule has 0 nitrogen and oxygen atoms in total. The van der Waals surface area contributed by atoms with Crippen molar-refractivity contribution >= 4 is 0 Å². The van der Waals surface area contributed by atoms with E-state index in [-0.39, 0.29) is 0 Å². The van der Waals surface area contributed by atoms with E-state index >= 15 is 0 Å². The Balaban J connectivity index is 2.17. The molecule has 2 aromatic rings. The third-order valence-corrected chi connectivity index (χ3v) is 4.31. The van der Waals surface area contributed by atoms with Gasteiger partial charge in [-0.25, -0.2) is 0 Å². The second-order valence-electron chi connectivity index (χ2n) is 6.37. The summed E-state index contributed by atoms with van der Waals surface area (Å²) in [7, 11) is 0. The maximum Gasteiger partial charge on any atom is 0.0290 e. The van der Waals surface area contributed by atoms with Crippen LogP contribution < -0.4 is 0 Å². The van der Waals surface area contributed by atoms with Gasteiger partial charge in [0.05, 0.1) is 0 Å². The van der Waals surface area contributed by atoms with Crippen LogP contribution in [0.25, 0.3) is 0 Å². The van der Waals surface area contributed by atoms with E-state index in [0.29, 0.717) is 0 Å². The van der Waals surface area contributed by atoms with Gasteiger partial charge in [0.15, 0.2) is 0 Å². The van der Waals surface area contributed by atoms with Gasteiger partial charge in [0.25, 0.3) is 0 Å². The average molecular weight is 328 g/mol. The van der Waals surface area contributed by atoms with Crippen LogP contribution in [0.4, 0.5) is 0 Å². The van der Waals surface area contributed by atoms with Crippen LogP contribution in [0.2, 0.25) is 0 Å². The van der Waals surface area contributed by atoms with Crippen molar-refractivity contribution in [2.24, 2.45) is 0 Å². The molecule has 25 heavy (non-hydrogen) atoms. The summed E-state index contributed by atoms with van der Waals surface area (Å²) in [4.78, 5) is 0. The highest BCUT2D eigenvalue weighted by atomic mass is 14.1. The predicted octanol–water partition coefficient (Wildman–Crippen LogP) is 6.17. The quantitative estimate of drug-likeness (QED) is 0.421. The van der Waals surface area contributed by atoms with Crippen molar-refractivity contribution in [3.63, 3.8) is 0 Å². The van der Waals surface area contributed by atoms with Crippen molar-refractivity contribution < 1.29 is 0 Å². The highest BCUT2D eigenvalue weighted by Gasteiger charge is 2.06. The first-order chi connectivity index (χ1) is 12.3. The first-order valence-corrected chi connectivity index (χ1v) is 9.53. The molecule has 0 fully saturated rings. The van der Waals surface area contributed by atoms with Crippen molar-refractivity contribution in [3.05, 3.63) is 70.8 Å². The average Bonchev–Trinajstić information content (AvgIpc) is 2.65. The van der Waals surface area contributed by atoms with E-state index in [1.807, 2.05) is 30.3 Å². The molecule has 0 heterocycles. The lowest BCUT2D eigenvalue weighted by Crippen LogP contribution is -1.98. The lowest BCUT2D eigenvalue weighted by Gasteiger charge is -2.11. The molecule has 0 heteroatoms. The minimum atomic E-state index is 1.01. The normalized spacial score (nSPS) is 9.68. The van der Waals surface area contributed by atoms with E-state index in [2.05, 4.69) is 55.7 Å². The van der Waals surface area contributed by atoms with Gasteiger partial charge in [-0.3, -0.25) is 0 Å². The highest BCUT2D eigenvalue weighted by molar-refractivity contribution is 5.49. The summed E-state index contributed by atoms with van der Waals surface area (Å²) in [6, 6.07) is 16.6. The Morgan fingerprint density at radius 1 is 0.680 bits per heavy atom. The third-order valence-electron chi connectivity index (χ3n) is 4.31. The molecule has 0 bridgehead atoms. The number of unbranched alkanes of at least 4 members (excludes halogenated alkanes) is 3. The number of hydrogen-bond acceptors (Lipinski definition) is 0. The molecule has 0 unspecified atom stereocenters. The molecule has 0 aliphatic rings. The fourth-order valence-electron chi connectivity index (χ4n) is 3.00. The van der Waals surface area contributed by atoms with Gasteiger partial charge in [-0.15, -0.1) is 0 Å². The molecular weight excluding hydrogens is 300 g/mol. The summed E-state index contributed by atoms with van der Waals surface area (Å²) in [6.45, 7) is 4.50. The van der Waals surface area contributed by atoms with Crippen molar-refractivity contribution in [2.75, 3.05) is 0 Å². The van der Waals surface area contributed by atoms with Crippen molar-refractivity contribution in [3.8, 4) is 23.7 Å². The van der Waals surface area contributed by atoms with E-state index in [9.17, 15) is 0 Å². The molecule has 0 amide bonds. The van der Waals surface area contributed by atoms with Gasteiger partial charge in [-0.1, -0.05) is 81.7 Å². The van der Waals surface area contributed by atoms with Gasteiger partial charge < -0.3 is 0 Å². The topological polar surface area (TPSA) is 0 Å². The Labute approximate surface area is 153 Å². The van der Waals surface area contributed by atoms with Gasteiger partial charge in [0.2, 0.25) is 0 Å². The molecule has 0 aliphatic heterocycles. The van der Waals surface area contributed by atoms with Crippen LogP contribution >= 0.6 is 0 Å². The largest absolute Gasteiger partial charge is 0.0654 e. The van der Waals surface area contributed by atoms with Crippen LogP contribution in [0.3, 0.4) is 0 Å². The number of aryl methyl sites for hydroxylation is 1. The van der Waals surface area contributed by atoms with Gasteiger partial charge in [0.1, 0.15) is 0 Å². The molecule has 0 saturated carbocycles. The summed E-state index contributed by atoms with van der Waals surface area (Å²) < 4.78 is 0. The summed E-state index contributed by atoms with van der Waals surface area (Å²) in [5.74, 6) is 12.5. The maximum absolute atomic E-state index is 3.30. The molecule has 0 N–H and O–H groups in total. The Morgan fingerprint density at radius 2 is 1.48 bits per heavy atom. The Bertz CT molecular complexity index is 760. The van der Waals surface area contributed by atoms with Crippen molar-refractivity contribution in [1.29, 1.82) is 0 Å². The standard InChI is InChI=1S/C25H28/c1-3-5-6-10-21-25-23(14-4-2)19-13-20-24(25)18-12-11-17-22-15-8-7-9-16-22/h7-9,13,15-16,19-20H,3-6,10,14,21H2,1-2H3.